The molecule has 1 unspecified atom stereocenters. The number of nitrogens with zero attached hydrogens (tertiary/aromatic N) is 2. The van der Waals surface area contributed by atoms with Crippen LogP contribution in [0.15, 0.2) is 4.52 Å². The van der Waals surface area contributed by atoms with Crippen molar-refractivity contribution in [1.82, 2.24) is 15.5 Å². The molecule has 1 aliphatic heterocycles. The van der Waals surface area contributed by atoms with Crippen LogP contribution < -0.4 is 5.32 Å². The Balaban J connectivity index is 2.01. The second-order valence-corrected chi connectivity index (χ2v) is 6.14. The highest BCUT2D eigenvalue weighted by Gasteiger charge is 2.21. The predicted molar refractivity (Wildman–Crippen MR) is 66.7 cm³/mol. The summed E-state index contributed by atoms with van der Waals surface area (Å²) in [5, 5.41) is 7.61. The van der Waals surface area contributed by atoms with E-state index in [2.05, 4.69) is 36.2 Å². The normalized spacial score (nSPS) is 22.4. The summed E-state index contributed by atoms with van der Waals surface area (Å²) in [6.45, 7) is 7.61. The molecule has 1 N–H and O–H groups in total. The van der Waals surface area contributed by atoms with Crippen LogP contribution in [0, 0.1) is 5.41 Å². The molecule has 0 radical (unpaired) electrons. The van der Waals surface area contributed by atoms with E-state index in [1.54, 1.807) is 0 Å². The molecule has 1 atom stereocenters. The van der Waals surface area contributed by atoms with E-state index in [4.69, 9.17) is 4.52 Å². The second-order valence-electron chi connectivity index (χ2n) is 6.14. The molecule has 4 nitrogen and oxygen atoms in total. The van der Waals surface area contributed by atoms with Gasteiger partial charge in [-0.3, -0.25) is 0 Å². The van der Waals surface area contributed by atoms with Crippen LogP contribution in [-0.2, 0) is 6.42 Å². The Labute approximate surface area is 103 Å². The molecular formula is C13H23N3O. The summed E-state index contributed by atoms with van der Waals surface area (Å²) >= 11 is 0. The van der Waals surface area contributed by atoms with Gasteiger partial charge in [-0.15, -0.1) is 0 Å². The minimum atomic E-state index is 0.195. The minimum Gasteiger partial charge on any atom is -0.339 e. The van der Waals surface area contributed by atoms with Crippen molar-refractivity contribution in [2.45, 2.75) is 58.9 Å². The summed E-state index contributed by atoms with van der Waals surface area (Å²) in [4.78, 5) is 4.52. The maximum Gasteiger partial charge on any atom is 0.227 e. The first kappa shape index (κ1) is 12.6. The Morgan fingerprint density at radius 1 is 1.29 bits per heavy atom. The molecule has 0 aliphatic carbocycles. The summed E-state index contributed by atoms with van der Waals surface area (Å²) in [6, 6.07) is 0.287. The highest BCUT2D eigenvalue weighted by molar-refractivity contribution is 4.96. The quantitative estimate of drug-likeness (QED) is 0.859. The van der Waals surface area contributed by atoms with Crippen LogP contribution in [-0.4, -0.2) is 16.7 Å². The lowest BCUT2D eigenvalue weighted by molar-refractivity contribution is 0.310. The van der Waals surface area contributed by atoms with Crippen molar-refractivity contribution >= 4 is 0 Å². The Hall–Kier alpha value is -0.900. The summed E-state index contributed by atoms with van der Waals surface area (Å²) < 4.78 is 5.33. The summed E-state index contributed by atoms with van der Waals surface area (Å²) in [6.07, 6.45) is 5.77. The monoisotopic (exact) mass is 237 g/mol. The van der Waals surface area contributed by atoms with Gasteiger partial charge in [0.1, 0.15) is 0 Å². The van der Waals surface area contributed by atoms with E-state index in [1.165, 1.54) is 19.3 Å². The van der Waals surface area contributed by atoms with Gasteiger partial charge in [0.25, 0.3) is 0 Å². The maximum absolute atomic E-state index is 5.33. The first-order valence-corrected chi connectivity index (χ1v) is 6.60. The molecule has 1 aromatic heterocycles. The lowest BCUT2D eigenvalue weighted by Gasteiger charge is -2.14. The summed E-state index contributed by atoms with van der Waals surface area (Å²) in [5.41, 5.74) is 0.195. The zero-order valence-corrected chi connectivity index (χ0v) is 11.1. The topological polar surface area (TPSA) is 51.0 Å². The smallest absolute Gasteiger partial charge is 0.227 e. The molecule has 1 fully saturated rings. The third-order valence-corrected chi connectivity index (χ3v) is 3.04. The van der Waals surface area contributed by atoms with Crippen molar-refractivity contribution < 1.29 is 4.52 Å². The molecule has 96 valence electrons. The van der Waals surface area contributed by atoms with E-state index in [-0.39, 0.29) is 11.5 Å². The molecule has 2 heterocycles. The Morgan fingerprint density at radius 3 is 2.88 bits per heavy atom. The van der Waals surface area contributed by atoms with E-state index in [9.17, 15) is 0 Å². The van der Waals surface area contributed by atoms with Crippen LogP contribution in [0.2, 0.25) is 0 Å². The van der Waals surface area contributed by atoms with Gasteiger partial charge >= 0.3 is 0 Å². The van der Waals surface area contributed by atoms with Gasteiger partial charge in [-0.1, -0.05) is 38.8 Å². The average Bonchev–Trinajstić information content (AvgIpc) is 2.52. The second kappa shape index (κ2) is 5.17. The molecule has 17 heavy (non-hydrogen) atoms. The van der Waals surface area contributed by atoms with Crippen LogP contribution >= 0.6 is 0 Å². The molecule has 1 aromatic rings. The Bertz CT molecular complexity index is 346. The highest BCUT2D eigenvalue weighted by Crippen LogP contribution is 2.23. The van der Waals surface area contributed by atoms with Crippen molar-refractivity contribution in [3.63, 3.8) is 0 Å². The lowest BCUT2D eigenvalue weighted by atomic mass is 9.92. The first-order chi connectivity index (χ1) is 8.04. The number of rotatable bonds is 2. The molecule has 0 bridgehead atoms. The van der Waals surface area contributed by atoms with Gasteiger partial charge in [0.05, 0.1) is 6.04 Å². The largest absolute Gasteiger partial charge is 0.339 e. The van der Waals surface area contributed by atoms with E-state index < -0.39 is 0 Å². The zero-order chi connectivity index (χ0) is 12.3. The molecule has 1 saturated heterocycles. The predicted octanol–water partition coefficient (Wildman–Crippen LogP) is 2.86. The van der Waals surface area contributed by atoms with E-state index in [1.807, 2.05) is 0 Å². The van der Waals surface area contributed by atoms with Crippen molar-refractivity contribution in [3.8, 4) is 0 Å². The molecule has 0 aromatic carbocycles. The van der Waals surface area contributed by atoms with Crippen LogP contribution in [0.5, 0.6) is 0 Å². The van der Waals surface area contributed by atoms with Gasteiger partial charge in [0.15, 0.2) is 5.82 Å². The van der Waals surface area contributed by atoms with Crippen molar-refractivity contribution in [2.24, 2.45) is 5.41 Å². The van der Waals surface area contributed by atoms with Gasteiger partial charge < -0.3 is 9.84 Å². The highest BCUT2D eigenvalue weighted by atomic mass is 16.5. The van der Waals surface area contributed by atoms with Gasteiger partial charge in [-0.2, -0.15) is 4.98 Å². The molecule has 2 rings (SSSR count). The molecule has 4 heteroatoms. The van der Waals surface area contributed by atoms with Crippen LogP contribution in [0.4, 0.5) is 0 Å². The van der Waals surface area contributed by atoms with E-state index >= 15 is 0 Å². The van der Waals surface area contributed by atoms with Crippen molar-refractivity contribution in [1.29, 1.82) is 0 Å². The fourth-order valence-electron chi connectivity index (χ4n) is 2.18. The van der Waals surface area contributed by atoms with Crippen molar-refractivity contribution in [2.75, 3.05) is 6.54 Å². The van der Waals surface area contributed by atoms with E-state index in [0.717, 1.165) is 31.1 Å². The molecule has 0 saturated carbocycles. The summed E-state index contributed by atoms with van der Waals surface area (Å²) in [7, 11) is 0. The molecule has 0 amide bonds. The molecule has 0 spiro atoms. The Kier molecular flexibility index (Phi) is 3.82. The third kappa shape index (κ3) is 3.80. The minimum absolute atomic E-state index is 0.195. The van der Waals surface area contributed by atoms with Gasteiger partial charge in [0.2, 0.25) is 5.89 Å². The summed E-state index contributed by atoms with van der Waals surface area (Å²) in [5.74, 6) is 1.60. The van der Waals surface area contributed by atoms with Gasteiger partial charge in [-0.05, 0) is 24.8 Å². The standard InChI is InChI=1S/C13H23N3O/c1-13(2,3)9-11-15-12(16-17-11)10-7-5-4-6-8-14-10/h10,14H,4-9H2,1-3H3. The Morgan fingerprint density at radius 2 is 2.12 bits per heavy atom. The molecule has 1 aliphatic rings. The number of hydrogen-bond donors (Lipinski definition) is 1. The molecular weight excluding hydrogens is 214 g/mol. The van der Waals surface area contributed by atoms with Gasteiger partial charge in [-0.25, -0.2) is 0 Å². The fraction of sp³-hybridized carbons (Fsp3) is 0.846. The zero-order valence-electron chi connectivity index (χ0n) is 11.1. The number of nitrogens with one attached hydrogen (secondary N) is 1. The van der Waals surface area contributed by atoms with Crippen LogP contribution in [0.3, 0.4) is 0 Å². The number of hydrogen-bond acceptors (Lipinski definition) is 4. The average molecular weight is 237 g/mol. The maximum atomic E-state index is 5.33. The van der Waals surface area contributed by atoms with Crippen LogP contribution in [0.25, 0.3) is 0 Å². The number of aromatic nitrogens is 2. The fourth-order valence-corrected chi connectivity index (χ4v) is 2.18. The van der Waals surface area contributed by atoms with Gasteiger partial charge in [0, 0.05) is 6.42 Å². The van der Waals surface area contributed by atoms with Crippen LogP contribution in [0.1, 0.15) is 64.2 Å². The third-order valence-electron chi connectivity index (χ3n) is 3.04. The lowest BCUT2D eigenvalue weighted by Crippen LogP contribution is -2.21. The SMILES string of the molecule is CC(C)(C)Cc1nc(C2CCCCCN2)no1. The first-order valence-electron chi connectivity index (χ1n) is 6.60. The van der Waals surface area contributed by atoms with E-state index in [0.29, 0.717) is 0 Å². The van der Waals surface area contributed by atoms with Crippen molar-refractivity contribution in [3.05, 3.63) is 11.7 Å².